The fraction of sp³-hybridized carbons (Fsp3) is 0.222. The molecule has 0 saturated carbocycles. The zero-order valence-electron chi connectivity index (χ0n) is 13.8. The quantitative estimate of drug-likeness (QED) is 0.690. The molecule has 0 saturated heterocycles. The van der Waals surface area contributed by atoms with E-state index in [1.807, 2.05) is 48.7 Å². The van der Waals surface area contributed by atoms with Crippen molar-refractivity contribution >= 4 is 21.4 Å². The fourth-order valence-electron chi connectivity index (χ4n) is 2.41. The summed E-state index contributed by atoms with van der Waals surface area (Å²) in [6.45, 7) is 2.26. The van der Waals surface area contributed by atoms with Gasteiger partial charge in [-0.15, -0.1) is 11.3 Å². The smallest absolute Gasteiger partial charge is 0.215 e. The lowest BCUT2D eigenvalue weighted by atomic mass is 10.1. The highest BCUT2D eigenvalue weighted by atomic mass is 32.2. The summed E-state index contributed by atoms with van der Waals surface area (Å²) in [6, 6.07) is 11.3. The second-order valence-corrected chi connectivity index (χ2v) is 8.45. The number of hydrogen-bond acceptors (Lipinski definition) is 5. The number of nitrogens with zero attached hydrogens (tertiary/aromatic N) is 2. The van der Waals surface area contributed by atoms with Gasteiger partial charge in [-0.2, -0.15) is 0 Å². The molecule has 7 heteroatoms. The highest BCUT2D eigenvalue weighted by molar-refractivity contribution is 7.88. The van der Waals surface area contributed by atoms with Gasteiger partial charge < -0.3 is 0 Å². The second-order valence-electron chi connectivity index (χ2n) is 5.70. The maximum absolute atomic E-state index is 12.2. The predicted molar refractivity (Wildman–Crippen MR) is 101 cm³/mol. The molecule has 2 heterocycles. The van der Waals surface area contributed by atoms with E-state index >= 15 is 0 Å². The molecule has 0 aliphatic carbocycles. The third kappa shape index (κ3) is 4.94. The van der Waals surface area contributed by atoms with Crippen LogP contribution in [0.2, 0.25) is 0 Å². The molecule has 0 aliphatic rings. The molecule has 2 aromatic heterocycles. The van der Waals surface area contributed by atoms with Crippen molar-refractivity contribution < 1.29 is 8.42 Å². The largest absolute Gasteiger partial charge is 0.264 e. The molecule has 0 bridgehead atoms. The van der Waals surface area contributed by atoms with E-state index in [4.69, 9.17) is 0 Å². The minimum absolute atomic E-state index is 0.00151. The van der Waals surface area contributed by atoms with Crippen LogP contribution in [0.1, 0.15) is 16.1 Å². The van der Waals surface area contributed by atoms with Gasteiger partial charge in [-0.25, -0.2) is 18.1 Å². The third-order valence-corrected chi connectivity index (χ3v) is 6.02. The number of aryl methyl sites for hydroxylation is 1. The van der Waals surface area contributed by atoms with Gasteiger partial charge in [0, 0.05) is 36.3 Å². The van der Waals surface area contributed by atoms with Crippen molar-refractivity contribution in [2.75, 3.05) is 6.54 Å². The minimum atomic E-state index is -3.36. The predicted octanol–water partition coefficient (Wildman–Crippen LogP) is 3.18. The van der Waals surface area contributed by atoms with E-state index < -0.39 is 10.0 Å². The van der Waals surface area contributed by atoms with Gasteiger partial charge >= 0.3 is 0 Å². The Balaban J connectivity index is 1.56. The Morgan fingerprint density at radius 2 is 2.00 bits per heavy atom. The molecule has 5 nitrogen and oxygen atoms in total. The molecule has 3 rings (SSSR count). The monoisotopic (exact) mass is 373 g/mol. The number of nitrogens with one attached hydrogen (secondary N) is 1. The maximum atomic E-state index is 12.2. The molecule has 0 radical (unpaired) electrons. The summed E-state index contributed by atoms with van der Waals surface area (Å²) in [5.41, 5.74) is 3.64. The molecule has 0 atom stereocenters. The number of rotatable bonds is 7. The zero-order valence-corrected chi connectivity index (χ0v) is 15.5. The zero-order chi connectivity index (χ0) is 17.7. The van der Waals surface area contributed by atoms with Crippen molar-refractivity contribution in [1.82, 2.24) is 14.7 Å². The van der Waals surface area contributed by atoms with Crippen LogP contribution in [0.5, 0.6) is 0 Å². The number of aromatic nitrogens is 2. The van der Waals surface area contributed by atoms with Gasteiger partial charge in [-0.3, -0.25) is 4.98 Å². The number of hydrogen-bond donors (Lipinski definition) is 1. The lowest BCUT2D eigenvalue weighted by Gasteiger charge is -2.08. The average Bonchev–Trinajstić information content (AvgIpc) is 3.06. The number of pyridine rings is 1. The van der Waals surface area contributed by atoms with Gasteiger partial charge in [-0.1, -0.05) is 24.3 Å². The van der Waals surface area contributed by atoms with Gasteiger partial charge in [-0.05, 0) is 30.2 Å². The van der Waals surface area contributed by atoms with Crippen molar-refractivity contribution in [2.45, 2.75) is 19.1 Å². The normalized spacial score (nSPS) is 11.6. The van der Waals surface area contributed by atoms with Crippen LogP contribution in [0.15, 0.2) is 54.2 Å². The molecule has 0 spiro atoms. The van der Waals surface area contributed by atoms with Gasteiger partial charge in [0.2, 0.25) is 10.0 Å². The summed E-state index contributed by atoms with van der Waals surface area (Å²) in [6.07, 6.45) is 4.06. The molecular weight excluding hydrogens is 354 g/mol. The lowest BCUT2D eigenvalue weighted by Crippen LogP contribution is -2.27. The molecule has 25 heavy (non-hydrogen) atoms. The molecule has 0 aliphatic heterocycles. The van der Waals surface area contributed by atoms with E-state index in [2.05, 4.69) is 14.7 Å². The fourth-order valence-corrected chi connectivity index (χ4v) is 4.47. The highest BCUT2D eigenvalue weighted by Crippen LogP contribution is 2.21. The molecule has 130 valence electrons. The van der Waals surface area contributed by atoms with Crippen molar-refractivity contribution in [1.29, 1.82) is 0 Å². The van der Waals surface area contributed by atoms with E-state index in [0.717, 1.165) is 27.4 Å². The molecule has 1 aromatic carbocycles. The molecule has 0 unspecified atom stereocenters. The summed E-state index contributed by atoms with van der Waals surface area (Å²) < 4.78 is 27.1. The maximum Gasteiger partial charge on any atom is 0.215 e. The molecule has 0 amide bonds. The van der Waals surface area contributed by atoms with Crippen LogP contribution in [-0.2, 0) is 22.2 Å². The Hall–Kier alpha value is -2.09. The Morgan fingerprint density at radius 3 is 2.76 bits per heavy atom. The molecule has 0 fully saturated rings. The highest BCUT2D eigenvalue weighted by Gasteiger charge is 2.13. The lowest BCUT2D eigenvalue weighted by molar-refractivity contribution is 0.580. The second kappa shape index (κ2) is 7.86. The van der Waals surface area contributed by atoms with Gasteiger partial charge in [0.15, 0.2) is 0 Å². The first-order chi connectivity index (χ1) is 12.0. The van der Waals surface area contributed by atoms with Crippen LogP contribution < -0.4 is 4.72 Å². The van der Waals surface area contributed by atoms with Gasteiger partial charge in [0.1, 0.15) is 0 Å². The first kappa shape index (κ1) is 17.7. The Morgan fingerprint density at radius 1 is 1.16 bits per heavy atom. The standard InChI is InChI=1S/C18H19N3O2S2/c1-14-5-2-3-6-16(14)13-25(22,23)20-10-8-18-21-17(12-24-18)15-7-4-9-19-11-15/h2-7,9,11-12,20H,8,10,13H2,1H3. The summed E-state index contributed by atoms with van der Waals surface area (Å²) >= 11 is 1.53. The summed E-state index contributed by atoms with van der Waals surface area (Å²) in [7, 11) is -3.36. The molecule has 3 aromatic rings. The van der Waals surface area contributed by atoms with Crippen LogP contribution in [0, 0.1) is 6.92 Å². The van der Waals surface area contributed by atoms with Crippen molar-refractivity contribution in [2.24, 2.45) is 0 Å². The number of sulfonamides is 1. The van der Waals surface area contributed by atoms with Crippen molar-refractivity contribution in [3.63, 3.8) is 0 Å². The van der Waals surface area contributed by atoms with Crippen LogP contribution >= 0.6 is 11.3 Å². The van der Waals surface area contributed by atoms with Crippen LogP contribution in [0.4, 0.5) is 0 Å². The SMILES string of the molecule is Cc1ccccc1CS(=O)(=O)NCCc1nc(-c2cccnc2)cs1. The third-order valence-electron chi connectivity index (χ3n) is 3.78. The summed E-state index contributed by atoms with van der Waals surface area (Å²) in [5.74, 6) is -0.00151. The van der Waals surface area contributed by atoms with Crippen molar-refractivity contribution in [3.8, 4) is 11.3 Å². The molecular formula is C18H19N3O2S2. The average molecular weight is 374 g/mol. The van der Waals surface area contributed by atoms with E-state index in [1.165, 1.54) is 11.3 Å². The van der Waals surface area contributed by atoms with Gasteiger partial charge in [0.05, 0.1) is 16.5 Å². The van der Waals surface area contributed by atoms with Crippen molar-refractivity contribution in [3.05, 3.63) is 70.3 Å². The number of thiazole rings is 1. The van der Waals surface area contributed by atoms with Crippen LogP contribution in [0.25, 0.3) is 11.3 Å². The first-order valence-electron chi connectivity index (χ1n) is 7.90. The van der Waals surface area contributed by atoms with Crippen LogP contribution in [0.3, 0.4) is 0 Å². The van der Waals surface area contributed by atoms with E-state index in [9.17, 15) is 8.42 Å². The first-order valence-corrected chi connectivity index (χ1v) is 10.4. The Bertz CT molecular complexity index is 938. The summed E-state index contributed by atoms with van der Waals surface area (Å²) in [5, 5.41) is 2.87. The van der Waals surface area contributed by atoms with E-state index in [0.29, 0.717) is 13.0 Å². The van der Waals surface area contributed by atoms with E-state index in [1.54, 1.807) is 12.4 Å². The topological polar surface area (TPSA) is 72.0 Å². The Kier molecular flexibility index (Phi) is 5.57. The van der Waals surface area contributed by atoms with Crippen LogP contribution in [-0.4, -0.2) is 24.9 Å². The minimum Gasteiger partial charge on any atom is -0.264 e. The number of benzene rings is 1. The van der Waals surface area contributed by atoms with Gasteiger partial charge in [0.25, 0.3) is 0 Å². The molecule has 1 N–H and O–H groups in total. The Labute approximate surface area is 151 Å². The summed E-state index contributed by atoms with van der Waals surface area (Å²) in [4.78, 5) is 8.63. The van der Waals surface area contributed by atoms with E-state index in [-0.39, 0.29) is 5.75 Å².